The Morgan fingerprint density at radius 3 is 2.27 bits per heavy atom. The van der Waals surface area contributed by atoms with Gasteiger partial charge in [-0.15, -0.1) is 0 Å². The Labute approximate surface area is 85.9 Å². The summed E-state index contributed by atoms with van der Waals surface area (Å²) in [5, 5.41) is 8.49. The van der Waals surface area contributed by atoms with Gasteiger partial charge in [0, 0.05) is 13.1 Å². The molecule has 0 radical (unpaired) electrons. The summed E-state index contributed by atoms with van der Waals surface area (Å²) in [6.45, 7) is 0.729. The van der Waals surface area contributed by atoms with Crippen molar-refractivity contribution < 1.29 is 26.7 Å². The predicted molar refractivity (Wildman–Crippen MR) is 47.3 cm³/mol. The largest absolute Gasteiger partial charge is 0.415 e. The molecule has 0 saturated heterocycles. The van der Waals surface area contributed by atoms with Gasteiger partial charge >= 0.3 is 6.18 Å². The number of alkyl halides is 3. The van der Waals surface area contributed by atoms with E-state index in [2.05, 4.69) is 0 Å². The van der Waals surface area contributed by atoms with E-state index in [4.69, 9.17) is 5.11 Å². The molecule has 1 atom stereocenters. The van der Waals surface area contributed by atoms with Gasteiger partial charge in [0.05, 0.1) is 0 Å². The van der Waals surface area contributed by atoms with Crippen LogP contribution in [0.25, 0.3) is 0 Å². The minimum absolute atomic E-state index is 0.122. The molecule has 0 bridgehead atoms. The summed E-state index contributed by atoms with van der Waals surface area (Å²) in [4.78, 5) is 0. The Bertz CT molecular complexity index is 278. The van der Waals surface area contributed by atoms with E-state index in [1.807, 2.05) is 4.72 Å². The summed E-state index contributed by atoms with van der Waals surface area (Å²) in [6.07, 6.45) is -7.01. The molecule has 0 aliphatic heterocycles. The lowest BCUT2D eigenvalue weighted by Gasteiger charge is -2.15. The molecule has 0 rings (SSSR count). The average molecular weight is 250 g/mol. The van der Waals surface area contributed by atoms with Crippen molar-refractivity contribution in [1.29, 1.82) is 0 Å². The molecule has 0 saturated carbocycles. The molecule has 9 heteroatoms. The first-order chi connectivity index (χ1) is 6.69. The van der Waals surface area contributed by atoms with Crippen molar-refractivity contribution in [1.82, 2.24) is 9.44 Å². The van der Waals surface area contributed by atoms with E-state index in [1.165, 1.54) is 0 Å². The zero-order valence-corrected chi connectivity index (χ0v) is 8.82. The average Bonchev–Trinajstić information content (AvgIpc) is 2.09. The Kier molecular flexibility index (Phi) is 5.49. The molecule has 1 unspecified atom stereocenters. The molecule has 0 aliphatic rings. The summed E-state index contributed by atoms with van der Waals surface area (Å²) in [5.74, 6) is 0. The quantitative estimate of drug-likeness (QED) is 0.608. The zero-order valence-electron chi connectivity index (χ0n) is 8.00. The van der Waals surface area contributed by atoms with Gasteiger partial charge in [0.15, 0.2) is 6.10 Å². The van der Waals surface area contributed by atoms with Crippen LogP contribution in [-0.4, -0.2) is 38.9 Å². The minimum Gasteiger partial charge on any atom is -0.382 e. The molecule has 0 aromatic rings. The fourth-order valence-corrected chi connectivity index (χ4v) is 1.54. The van der Waals surface area contributed by atoms with Crippen LogP contribution >= 0.6 is 0 Å². The van der Waals surface area contributed by atoms with Crippen molar-refractivity contribution in [3.8, 4) is 0 Å². The summed E-state index contributed by atoms with van der Waals surface area (Å²) in [5.41, 5.74) is 0. The van der Waals surface area contributed by atoms with Crippen molar-refractivity contribution in [3.63, 3.8) is 0 Å². The molecule has 0 amide bonds. The number of hydrogen-bond donors (Lipinski definition) is 3. The van der Waals surface area contributed by atoms with Crippen molar-refractivity contribution in [2.75, 3.05) is 13.1 Å². The van der Waals surface area contributed by atoms with Gasteiger partial charge in [-0.3, -0.25) is 0 Å². The monoisotopic (exact) mass is 250 g/mol. The molecule has 0 spiro atoms. The van der Waals surface area contributed by atoms with Crippen LogP contribution in [0.5, 0.6) is 0 Å². The van der Waals surface area contributed by atoms with Crippen LogP contribution in [0.1, 0.15) is 13.3 Å². The summed E-state index contributed by atoms with van der Waals surface area (Å²) in [6, 6.07) is 0. The van der Waals surface area contributed by atoms with Crippen molar-refractivity contribution in [2.45, 2.75) is 25.6 Å². The molecule has 3 N–H and O–H groups in total. The van der Waals surface area contributed by atoms with Crippen molar-refractivity contribution >= 4 is 10.2 Å². The first-order valence-electron chi connectivity index (χ1n) is 4.18. The van der Waals surface area contributed by atoms with Gasteiger partial charge in [-0.2, -0.15) is 26.3 Å². The van der Waals surface area contributed by atoms with Crippen molar-refractivity contribution in [2.24, 2.45) is 0 Å². The third-order valence-electron chi connectivity index (χ3n) is 1.39. The number of halogens is 3. The fraction of sp³-hybridized carbons (Fsp3) is 1.00. The normalized spacial score (nSPS) is 15.3. The fourth-order valence-electron chi connectivity index (χ4n) is 0.592. The molecular formula is C6H13F3N2O3S. The van der Waals surface area contributed by atoms with Crippen LogP contribution in [0, 0.1) is 0 Å². The Morgan fingerprint density at radius 2 is 1.87 bits per heavy atom. The molecule has 0 fully saturated rings. The van der Waals surface area contributed by atoms with Gasteiger partial charge in [-0.05, 0) is 6.42 Å². The second-order valence-corrected chi connectivity index (χ2v) is 4.39. The lowest BCUT2D eigenvalue weighted by molar-refractivity contribution is -0.200. The van der Waals surface area contributed by atoms with Crippen LogP contribution in [0.4, 0.5) is 13.2 Å². The zero-order chi connectivity index (χ0) is 12.1. The van der Waals surface area contributed by atoms with Crippen molar-refractivity contribution in [3.05, 3.63) is 0 Å². The van der Waals surface area contributed by atoms with Crippen LogP contribution in [0.3, 0.4) is 0 Å². The van der Waals surface area contributed by atoms with E-state index < -0.39 is 29.0 Å². The highest BCUT2D eigenvalue weighted by Gasteiger charge is 2.38. The molecule has 92 valence electrons. The minimum atomic E-state index is -4.83. The van der Waals surface area contributed by atoms with E-state index in [9.17, 15) is 21.6 Å². The van der Waals surface area contributed by atoms with Gasteiger partial charge in [0.1, 0.15) is 0 Å². The number of hydrogen-bond acceptors (Lipinski definition) is 3. The van der Waals surface area contributed by atoms with Gasteiger partial charge < -0.3 is 5.11 Å². The van der Waals surface area contributed by atoms with E-state index >= 15 is 0 Å². The maximum Gasteiger partial charge on any atom is 0.415 e. The maximum absolute atomic E-state index is 11.8. The highest BCUT2D eigenvalue weighted by atomic mass is 32.2. The standard InChI is InChI=1S/C6H13F3N2O3S/c1-2-3-10-15(13,14)11-4-5(12)6(7,8)9/h5,10-12H,2-4H2,1H3. The number of rotatable bonds is 6. The second kappa shape index (κ2) is 5.64. The Balaban J connectivity index is 4.05. The molecule has 0 aromatic heterocycles. The van der Waals surface area contributed by atoms with Crippen LogP contribution in [-0.2, 0) is 10.2 Å². The Morgan fingerprint density at radius 1 is 1.33 bits per heavy atom. The Hall–Kier alpha value is -0.380. The van der Waals surface area contributed by atoms with Gasteiger partial charge in [0.25, 0.3) is 10.2 Å². The van der Waals surface area contributed by atoms with Gasteiger partial charge in [-0.1, -0.05) is 6.92 Å². The van der Waals surface area contributed by atoms with Crippen LogP contribution in [0.2, 0.25) is 0 Å². The molecular weight excluding hydrogens is 237 g/mol. The summed E-state index contributed by atoms with van der Waals surface area (Å²) < 4.78 is 60.7. The molecule has 15 heavy (non-hydrogen) atoms. The SMILES string of the molecule is CCCNS(=O)(=O)NCC(O)C(F)(F)F. The van der Waals surface area contributed by atoms with Gasteiger partial charge in [-0.25, -0.2) is 4.72 Å². The summed E-state index contributed by atoms with van der Waals surface area (Å²) >= 11 is 0. The first kappa shape index (κ1) is 14.6. The number of aliphatic hydroxyl groups is 1. The van der Waals surface area contributed by atoms with Crippen LogP contribution in [0.15, 0.2) is 0 Å². The van der Waals surface area contributed by atoms with E-state index in [0.717, 1.165) is 0 Å². The topological polar surface area (TPSA) is 78.4 Å². The molecule has 0 aliphatic carbocycles. The van der Waals surface area contributed by atoms with Gasteiger partial charge in [0.2, 0.25) is 0 Å². The molecule has 0 aromatic carbocycles. The first-order valence-corrected chi connectivity index (χ1v) is 5.66. The second-order valence-electron chi connectivity index (χ2n) is 2.80. The lowest BCUT2D eigenvalue weighted by Crippen LogP contribution is -2.45. The smallest absolute Gasteiger partial charge is 0.382 e. The molecule has 0 heterocycles. The third kappa shape index (κ3) is 6.66. The highest BCUT2D eigenvalue weighted by molar-refractivity contribution is 7.87. The predicted octanol–water partition coefficient (Wildman–Crippen LogP) is -0.256. The number of aliphatic hydroxyl groups excluding tert-OH is 1. The molecule has 5 nitrogen and oxygen atoms in total. The lowest BCUT2D eigenvalue weighted by atomic mass is 10.4. The van der Waals surface area contributed by atoms with Crippen LogP contribution < -0.4 is 9.44 Å². The maximum atomic E-state index is 11.8. The number of nitrogens with one attached hydrogen (secondary N) is 2. The van der Waals surface area contributed by atoms with E-state index in [0.29, 0.717) is 6.42 Å². The summed E-state index contributed by atoms with van der Waals surface area (Å²) in [7, 11) is -3.96. The third-order valence-corrected chi connectivity index (χ3v) is 2.52. The highest BCUT2D eigenvalue weighted by Crippen LogP contribution is 2.19. The van der Waals surface area contributed by atoms with E-state index in [-0.39, 0.29) is 6.54 Å². The van der Waals surface area contributed by atoms with E-state index in [1.54, 1.807) is 11.6 Å².